The normalized spacial score (nSPS) is 12.2. The van der Waals surface area contributed by atoms with Gasteiger partial charge in [0.25, 0.3) is 0 Å². The molecule has 4 heteroatoms. The number of pyridine rings is 1. The summed E-state index contributed by atoms with van der Waals surface area (Å²) < 4.78 is 16.8. The molecule has 3 aromatic rings. The first-order valence-corrected chi connectivity index (χ1v) is 7.41. The molecule has 1 aliphatic rings. The van der Waals surface area contributed by atoms with Crippen LogP contribution in [0.1, 0.15) is 5.56 Å². The molecule has 0 fully saturated rings. The lowest BCUT2D eigenvalue weighted by Gasteiger charge is -2.09. The molecule has 0 amide bonds. The van der Waals surface area contributed by atoms with E-state index in [9.17, 15) is 0 Å². The van der Waals surface area contributed by atoms with Crippen LogP contribution in [0.15, 0.2) is 67.0 Å². The van der Waals surface area contributed by atoms with Gasteiger partial charge in [0.1, 0.15) is 12.4 Å². The van der Waals surface area contributed by atoms with Crippen LogP contribution in [0.4, 0.5) is 0 Å². The predicted molar refractivity (Wildman–Crippen MR) is 86.6 cm³/mol. The van der Waals surface area contributed by atoms with Crippen LogP contribution in [0.3, 0.4) is 0 Å². The molecule has 4 nitrogen and oxygen atoms in total. The summed E-state index contributed by atoms with van der Waals surface area (Å²) in [7, 11) is 0. The van der Waals surface area contributed by atoms with Crippen LogP contribution < -0.4 is 14.2 Å². The fourth-order valence-electron chi connectivity index (χ4n) is 2.53. The van der Waals surface area contributed by atoms with Crippen LogP contribution in [0.5, 0.6) is 17.2 Å². The Morgan fingerprint density at radius 2 is 1.74 bits per heavy atom. The maximum absolute atomic E-state index is 5.79. The molecular weight excluding hydrogens is 290 g/mol. The van der Waals surface area contributed by atoms with Crippen LogP contribution in [0.2, 0.25) is 0 Å². The summed E-state index contributed by atoms with van der Waals surface area (Å²) in [5.41, 5.74) is 3.19. The summed E-state index contributed by atoms with van der Waals surface area (Å²) in [6.45, 7) is 0.805. The molecule has 2 heterocycles. The van der Waals surface area contributed by atoms with E-state index in [1.807, 2.05) is 54.6 Å². The van der Waals surface area contributed by atoms with Gasteiger partial charge in [-0.2, -0.15) is 0 Å². The molecular formula is C19H15NO3. The zero-order chi connectivity index (χ0) is 15.5. The summed E-state index contributed by atoms with van der Waals surface area (Å²) in [5, 5.41) is 0. The Morgan fingerprint density at radius 3 is 2.57 bits per heavy atom. The van der Waals surface area contributed by atoms with E-state index in [2.05, 4.69) is 4.98 Å². The number of aromatic nitrogens is 1. The highest BCUT2D eigenvalue weighted by atomic mass is 16.7. The van der Waals surface area contributed by atoms with Crippen LogP contribution in [0, 0.1) is 0 Å². The van der Waals surface area contributed by atoms with Gasteiger partial charge in [-0.3, -0.25) is 4.98 Å². The van der Waals surface area contributed by atoms with E-state index in [-0.39, 0.29) is 6.79 Å². The van der Waals surface area contributed by atoms with Gasteiger partial charge in [-0.15, -0.1) is 0 Å². The molecule has 2 aromatic carbocycles. The molecule has 0 radical (unpaired) electrons. The van der Waals surface area contributed by atoms with E-state index in [0.717, 1.165) is 33.9 Å². The van der Waals surface area contributed by atoms with Crippen molar-refractivity contribution in [2.45, 2.75) is 6.61 Å². The third-order valence-corrected chi connectivity index (χ3v) is 3.72. The lowest BCUT2D eigenvalue weighted by Crippen LogP contribution is -1.95. The number of ether oxygens (including phenoxy) is 3. The summed E-state index contributed by atoms with van der Waals surface area (Å²) >= 11 is 0. The molecule has 1 aliphatic heterocycles. The first-order chi connectivity index (χ1) is 11.4. The molecule has 0 aliphatic carbocycles. The quantitative estimate of drug-likeness (QED) is 0.729. The Balaban J connectivity index is 1.51. The second-order valence-corrected chi connectivity index (χ2v) is 5.21. The lowest BCUT2D eigenvalue weighted by atomic mass is 10.0. The largest absolute Gasteiger partial charge is 0.489 e. The van der Waals surface area contributed by atoms with Gasteiger partial charge in [0, 0.05) is 18.0 Å². The average Bonchev–Trinajstić information content (AvgIpc) is 3.10. The molecule has 0 saturated heterocycles. The first-order valence-electron chi connectivity index (χ1n) is 7.41. The van der Waals surface area contributed by atoms with E-state index >= 15 is 0 Å². The van der Waals surface area contributed by atoms with Crippen molar-refractivity contribution >= 4 is 0 Å². The minimum absolute atomic E-state index is 0.277. The van der Waals surface area contributed by atoms with Crippen molar-refractivity contribution in [3.63, 3.8) is 0 Å². The Morgan fingerprint density at radius 1 is 0.913 bits per heavy atom. The number of hydrogen-bond acceptors (Lipinski definition) is 4. The predicted octanol–water partition coefficient (Wildman–Crippen LogP) is 4.06. The van der Waals surface area contributed by atoms with Gasteiger partial charge in [-0.1, -0.05) is 24.3 Å². The number of nitrogens with zero attached hydrogens (tertiary/aromatic N) is 1. The second-order valence-electron chi connectivity index (χ2n) is 5.21. The molecule has 0 saturated carbocycles. The first kappa shape index (κ1) is 13.6. The summed E-state index contributed by atoms with van der Waals surface area (Å²) in [6.07, 6.45) is 3.53. The fraction of sp³-hybridized carbons (Fsp3) is 0.105. The zero-order valence-corrected chi connectivity index (χ0v) is 12.4. The Kier molecular flexibility index (Phi) is 3.56. The monoisotopic (exact) mass is 305 g/mol. The highest BCUT2D eigenvalue weighted by molar-refractivity contribution is 5.74. The molecule has 0 atom stereocenters. The van der Waals surface area contributed by atoms with E-state index in [1.54, 1.807) is 12.4 Å². The number of hydrogen-bond donors (Lipinski definition) is 0. The van der Waals surface area contributed by atoms with Gasteiger partial charge in [0.2, 0.25) is 6.79 Å². The van der Waals surface area contributed by atoms with Crippen LogP contribution >= 0.6 is 0 Å². The zero-order valence-electron chi connectivity index (χ0n) is 12.4. The highest BCUT2D eigenvalue weighted by Gasteiger charge is 2.18. The Hall–Kier alpha value is -3.01. The average molecular weight is 305 g/mol. The molecule has 114 valence electrons. The number of fused-ring (bicyclic) bond motifs is 1. The van der Waals surface area contributed by atoms with E-state index < -0.39 is 0 Å². The van der Waals surface area contributed by atoms with Crippen LogP contribution in [-0.2, 0) is 6.61 Å². The SMILES string of the molecule is c1cc2c(c(-c3ccc(OCc4ccncc4)cc3)c1)OCO2. The van der Waals surface area contributed by atoms with Crippen LogP contribution in [-0.4, -0.2) is 11.8 Å². The molecule has 0 unspecified atom stereocenters. The molecule has 23 heavy (non-hydrogen) atoms. The highest BCUT2D eigenvalue weighted by Crippen LogP contribution is 2.41. The lowest BCUT2D eigenvalue weighted by molar-refractivity contribution is 0.174. The van der Waals surface area contributed by atoms with Crippen molar-refractivity contribution in [1.82, 2.24) is 4.98 Å². The molecule has 0 N–H and O–H groups in total. The third kappa shape index (κ3) is 2.83. The number of para-hydroxylation sites is 1. The fourth-order valence-corrected chi connectivity index (χ4v) is 2.53. The van der Waals surface area contributed by atoms with Crippen molar-refractivity contribution in [2.24, 2.45) is 0 Å². The minimum Gasteiger partial charge on any atom is -0.489 e. The van der Waals surface area contributed by atoms with Crippen molar-refractivity contribution < 1.29 is 14.2 Å². The van der Waals surface area contributed by atoms with Gasteiger partial charge >= 0.3 is 0 Å². The van der Waals surface area contributed by atoms with Crippen LogP contribution in [0.25, 0.3) is 11.1 Å². The summed E-state index contributed by atoms with van der Waals surface area (Å²) in [5.74, 6) is 2.42. The van der Waals surface area contributed by atoms with E-state index in [4.69, 9.17) is 14.2 Å². The maximum Gasteiger partial charge on any atom is 0.231 e. The van der Waals surface area contributed by atoms with Gasteiger partial charge in [-0.25, -0.2) is 0 Å². The minimum atomic E-state index is 0.277. The smallest absolute Gasteiger partial charge is 0.231 e. The van der Waals surface area contributed by atoms with Crippen molar-refractivity contribution in [1.29, 1.82) is 0 Å². The maximum atomic E-state index is 5.79. The molecule has 4 rings (SSSR count). The second kappa shape index (κ2) is 6.01. The Bertz CT molecular complexity index is 801. The standard InChI is InChI=1S/C19H15NO3/c1-2-17(19-18(3-1)22-13-23-19)15-4-6-16(7-5-15)21-12-14-8-10-20-11-9-14/h1-11H,12-13H2. The van der Waals surface area contributed by atoms with Crippen molar-refractivity contribution in [3.05, 3.63) is 72.6 Å². The summed E-state index contributed by atoms with van der Waals surface area (Å²) in [4.78, 5) is 4.00. The van der Waals surface area contributed by atoms with Gasteiger partial charge in [0.05, 0.1) is 0 Å². The topological polar surface area (TPSA) is 40.6 Å². The molecule has 0 bridgehead atoms. The number of benzene rings is 2. The van der Waals surface area contributed by atoms with E-state index in [0.29, 0.717) is 6.61 Å². The van der Waals surface area contributed by atoms with Gasteiger partial charge in [0.15, 0.2) is 11.5 Å². The third-order valence-electron chi connectivity index (χ3n) is 3.72. The Labute approximate surface area is 134 Å². The van der Waals surface area contributed by atoms with Crippen molar-refractivity contribution in [3.8, 4) is 28.4 Å². The van der Waals surface area contributed by atoms with Crippen molar-refractivity contribution in [2.75, 3.05) is 6.79 Å². The number of rotatable bonds is 4. The summed E-state index contributed by atoms with van der Waals surface area (Å²) in [6, 6.07) is 17.8. The molecule has 0 spiro atoms. The van der Waals surface area contributed by atoms with E-state index in [1.165, 1.54) is 0 Å². The van der Waals surface area contributed by atoms with Gasteiger partial charge < -0.3 is 14.2 Å². The molecule has 1 aromatic heterocycles. The van der Waals surface area contributed by atoms with Gasteiger partial charge in [-0.05, 0) is 41.5 Å².